The van der Waals surface area contributed by atoms with Crippen LogP contribution in [0.25, 0.3) is 0 Å². The molecule has 1 heterocycles. The van der Waals surface area contributed by atoms with Crippen molar-refractivity contribution in [1.82, 2.24) is 10.3 Å². The van der Waals surface area contributed by atoms with E-state index in [1.807, 2.05) is 18.0 Å². The number of hydrogen-bond acceptors (Lipinski definition) is 4. The number of hydrogen-bond donors (Lipinski definition) is 1. The highest BCUT2D eigenvalue weighted by molar-refractivity contribution is 8.01. The van der Waals surface area contributed by atoms with Gasteiger partial charge < -0.3 is 5.32 Å². The van der Waals surface area contributed by atoms with Gasteiger partial charge in [-0.3, -0.25) is 0 Å². The van der Waals surface area contributed by atoms with Crippen molar-refractivity contribution in [3.8, 4) is 0 Å². The van der Waals surface area contributed by atoms with E-state index in [0.29, 0.717) is 11.3 Å². The van der Waals surface area contributed by atoms with Gasteiger partial charge in [-0.1, -0.05) is 25.1 Å². The summed E-state index contributed by atoms with van der Waals surface area (Å²) in [6.45, 7) is 2.31. The molecule has 1 aliphatic rings. The van der Waals surface area contributed by atoms with E-state index in [1.165, 1.54) is 30.0 Å². The molecular weight excluding hydrogens is 236 g/mol. The van der Waals surface area contributed by atoms with Gasteiger partial charge in [-0.2, -0.15) is 0 Å². The van der Waals surface area contributed by atoms with Gasteiger partial charge in [0.05, 0.1) is 0 Å². The summed E-state index contributed by atoms with van der Waals surface area (Å²) in [6, 6.07) is 0.664. The number of thioether (sulfide) groups is 1. The average Bonchev–Trinajstić information content (AvgIpc) is 2.82. The molecule has 0 saturated heterocycles. The summed E-state index contributed by atoms with van der Waals surface area (Å²) in [4.78, 5) is 4.38. The number of thiazole rings is 1. The minimum Gasteiger partial charge on any atom is -0.316 e. The predicted octanol–water partition coefficient (Wildman–Crippen LogP) is 3.40. The van der Waals surface area contributed by atoms with Gasteiger partial charge in [0.1, 0.15) is 4.34 Å². The zero-order valence-electron chi connectivity index (χ0n) is 9.98. The van der Waals surface area contributed by atoms with Crippen molar-refractivity contribution in [2.24, 2.45) is 5.92 Å². The molecule has 3 unspecified atom stereocenters. The Morgan fingerprint density at radius 1 is 1.56 bits per heavy atom. The zero-order valence-corrected chi connectivity index (χ0v) is 11.6. The second kappa shape index (κ2) is 6.03. The summed E-state index contributed by atoms with van der Waals surface area (Å²) in [5.41, 5.74) is 0. The van der Waals surface area contributed by atoms with E-state index in [2.05, 4.69) is 29.7 Å². The standard InChI is InChI=1S/C12H20N2S2/c1-3-9-4-5-10(13-2)11(8-9)16-12-14-6-7-15-12/h6-7,9-11,13H,3-5,8H2,1-2H3. The normalized spacial score (nSPS) is 30.5. The van der Waals surface area contributed by atoms with Crippen LogP contribution < -0.4 is 5.32 Å². The molecule has 0 radical (unpaired) electrons. The molecular formula is C12H20N2S2. The van der Waals surface area contributed by atoms with E-state index in [4.69, 9.17) is 0 Å². The molecule has 1 N–H and O–H groups in total. The van der Waals surface area contributed by atoms with Gasteiger partial charge in [0.15, 0.2) is 0 Å². The minimum absolute atomic E-state index is 0.664. The molecule has 0 bridgehead atoms. The Labute approximate surface area is 106 Å². The molecule has 1 fully saturated rings. The highest BCUT2D eigenvalue weighted by Gasteiger charge is 2.29. The molecule has 2 nitrogen and oxygen atoms in total. The fourth-order valence-electron chi connectivity index (χ4n) is 2.44. The Morgan fingerprint density at radius 2 is 2.44 bits per heavy atom. The van der Waals surface area contributed by atoms with Crippen molar-refractivity contribution in [3.05, 3.63) is 11.6 Å². The van der Waals surface area contributed by atoms with Gasteiger partial charge >= 0.3 is 0 Å². The van der Waals surface area contributed by atoms with Gasteiger partial charge in [0.25, 0.3) is 0 Å². The van der Waals surface area contributed by atoms with Crippen LogP contribution in [-0.4, -0.2) is 23.3 Å². The molecule has 16 heavy (non-hydrogen) atoms. The van der Waals surface area contributed by atoms with Crippen LogP contribution in [0.1, 0.15) is 32.6 Å². The lowest BCUT2D eigenvalue weighted by molar-refractivity contribution is 0.304. The zero-order chi connectivity index (χ0) is 11.4. The number of nitrogens with one attached hydrogen (secondary N) is 1. The molecule has 0 spiro atoms. The topological polar surface area (TPSA) is 24.9 Å². The molecule has 0 aromatic carbocycles. The van der Waals surface area contributed by atoms with Crippen LogP contribution in [-0.2, 0) is 0 Å². The highest BCUT2D eigenvalue weighted by Crippen LogP contribution is 2.38. The van der Waals surface area contributed by atoms with Crippen molar-refractivity contribution in [2.75, 3.05) is 7.05 Å². The maximum Gasteiger partial charge on any atom is 0.150 e. The van der Waals surface area contributed by atoms with E-state index in [-0.39, 0.29) is 0 Å². The molecule has 2 rings (SSSR count). The van der Waals surface area contributed by atoms with E-state index >= 15 is 0 Å². The van der Waals surface area contributed by atoms with Gasteiger partial charge in [-0.25, -0.2) is 4.98 Å². The van der Waals surface area contributed by atoms with Crippen LogP contribution in [0.3, 0.4) is 0 Å². The number of rotatable bonds is 4. The lowest BCUT2D eigenvalue weighted by Gasteiger charge is -2.34. The first-order valence-corrected chi connectivity index (χ1v) is 7.82. The van der Waals surface area contributed by atoms with E-state index in [1.54, 1.807) is 11.3 Å². The third-order valence-corrected chi connectivity index (χ3v) is 5.78. The van der Waals surface area contributed by atoms with E-state index in [0.717, 1.165) is 5.92 Å². The number of aromatic nitrogens is 1. The number of nitrogens with zero attached hydrogens (tertiary/aromatic N) is 1. The Hall–Kier alpha value is -0.0600. The van der Waals surface area contributed by atoms with Crippen LogP contribution in [0.4, 0.5) is 0 Å². The van der Waals surface area contributed by atoms with Crippen molar-refractivity contribution < 1.29 is 0 Å². The van der Waals surface area contributed by atoms with Crippen molar-refractivity contribution in [1.29, 1.82) is 0 Å². The molecule has 90 valence electrons. The fraction of sp³-hybridized carbons (Fsp3) is 0.750. The van der Waals surface area contributed by atoms with Crippen LogP contribution in [0.15, 0.2) is 15.9 Å². The smallest absolute Gasteiger partial charge is 0.150 e. The Kier molecular flexibility index (Phi) is 4.67. The highest BCUT2D eigenvalue weighted by atomic mass is 32.2. The third-order valence-electron chi connectivity index (χ3n) is 3.51. The SMILES string of the molecule is CCC1CCC(NC)C(Sc2nccs2)C1. The largest absolute Gasteiger partial charge is 0.316 e. The maximum atomic E-state index is 4.38. The summed E-state index contributed by atoms with van der Waals surface area (Å²) in [7, 11) is 2.09. The molecule has 1 aromatic heterocycles. The first-order valence-electron chi connectivity index (χ1n) is 6.07. The fourth-order valence-corrected chi connectivity index (χ4v) is 4.75. The van der Waals surface area contributed by atoms with Crippen molar-refractivity contribution >= 4 is 23.1 Å². The molecule has 0 amide bonds. The van der Waals surface area contributed by atoms with Gasteiger partial charge in [-0.05, 0) is 32.2 Å². The van der Waals surface area contributed by atoms with E-state index in [9.17, 15) is 0 Å². The van der Waals surface area contributed by atoms with E-state index < -0.39 is 0 Å². The lowest BCUT2D eigenvalue weighted by Crippen LogP contribution is -2.40. The molecule has 3 atom stereocenters. The van der Waals surface area contributed by atoms with Crippen LogP contribution in [0.5, 0.6) is 0 Å². The third kappa shape index (κ3) is 2.99. The summed E-state index contributed by atoms with van der Waals surface area (Å²) in [5.74, 6) is 0.919. The quantitative estimate of drug-likeness (QED) is 0.893. The molecule has 1 aliphatic carbocycles. The van der Waals surface area contributed by atoms with Gasteiger partial charge in [0.2, 0.25) is 0 Å². The van der Waals surface area contributed by atoms with Gasteiger partial charge in [0, 0.05) is 22.9 Å². The monoisotopic (exact) mass is 256 g/mol. The molecule has 1 aromatic rings. The second-order valence-electron chi connectivity index (χ2n) is 4.44. The van der Waals surface area contributed by atoms with Crippen molar-refractivity contribution in [3.63, 3.8) is 0 Å². The Morgan fingerprint density at radius 3 is 3.06 bits per heavy atom. The summed E-state index contributed by atoms with van der Waals surface area (Å²) in [5, 5.41) is 6.24. The molecule has 0 aliphatic heterocycles. The average molecular weight is 256 g/mol. The second-order valence-corrected chi connectivity index (χ2v) is 6.82. The van der Waals surface area contributed by atoms with Crippen LogP contribution in [0.2, 0.25) is 0 Å². The predicted molar refractivity (Wildman–Crippen MR) is 72.2 cm³/mol. The lowest BCUT2D eigenvalue weighted by atomic mass is 9.84. The summed E-state index contributed by atoms with van der Waals surface area (Å²) >= 11 is 3.73. The van der Waals surface area contributed by atoms with Crippen LogP contribution in [0, 0.1) is 5.92 Å². The first-order chi connectivity index (χ1) is 7.83. The van der Waals surface area contributed by atoms with Crippen molar-refractivity contribution in [2.45, 2.75) is 48.2 Å². The summed E-state index contributed by atoms with van der Waals surface area (Å²) in [6.07, 6.45) is 7.27. The van der Waals surface area contributed by atoms with Gasteiger partial charge in [-0.15, -0.1) is 11.3 Å². The molecule has 4 heteroatoms. The minimum atomic E-state index is 0.664. The maximum absolute atomic E-state index is 4.38. The van der Waals surface area contributed by atoms with Crippen LogP contribution >= 0.6 is 23.1 Å². The Balaban J connectivity index is 1.97. The Bertz CT molecular complexity index is 300. The molecule has 1 saturated carbocycles. The first kappa shape index (κ1) is 12.4. The summed E-state index contributed by atoms with van der Waals surface area (Å²) < 4.78 is 1.22.